The van der Waals surface area contributed by atoms with Gasteiger partial charge in [-0.2, -0.15) is 0 Å². The number of carbonyl (C=O) groups is 2. The fourth-order valence-electron chi connectivity index (χ4n) is 2.17. The second kappa shape index (κ2) is 4.61. The first-order chi connectivity index (χ1) is 6.95. The Labute approximate surface area is 88.7 Å². The molecule has 0 saturated carbocycles. The van der Waals surface area contributed by atoms with Crippen molar-refractivity contribution in [1.82, 2.24) is 4.90 Å². The van der Waals surface area contributed by atoms with E-state index in [0.29, 0.717) is 13.0 Å². The Morgan fingerprint density at radius 3 is 2.27 bits per heavy atom. The zero-order chi connectivity index (χ0) is 11.6. The molecule has 1 aliphatic rings. The van der Waals surface area contributed by atoms with E-state index >= 15 is 0 Å². The van der Waals surface area contributed by atoms with Crippen molar-refractivity contribution in [2.45, 2.75) is 38.8 Å². The lowest BCUT2D eigenvalue weighted by Crippen LogP contribution is -2.54. The summed E-state index contributed by atoms with van der Waals surface area (Å²) < 4.78 is 0. The summed E-state index contributed by atoms with van der Waals surface area (Å²) in [7, 11) is 0. The zero-order valence-corrected chi connectivity index (χ0v) is 9.01. The van der Waals surface area contributed by atoms with E-state index in [1.807, 2.05) is 13.8 Å². The van der Waals surface area contributed by atoms with E-state index < -0.39 is 23.9 Å². The van der Waals surface area contributed by atoms with Gasteiger partial charge in [-0.05, 0) is 33.2 Å². The van der Waals surface area contributed by atoms with Crippen LogP contribution in [0.15, 0.2) is 0 Å². The van der Waals surface area contributed by atoms with Crippen LogP contribution in [0.5, 0.6) is 0 Å². The molecule has 5 heteroatoms. The van der Waals surface area contributed by atoms with Gasteiger partial charge in [-0.15, -0.1) is 0 Å². The summed E-state index contributed by atoms with van der Waals surface area (Å²) in [5, 5.41) is 18.0. The van der Waals surface area contributed by atoms with Crippen molar-refractivity contribution in [2.75, 3.05) is 6.54 Å². The molecule has 0 aliphatic carbocycles. The van der Waals surface area contributed by atoms with Crippen LogP contribution in [-0.2, 0) is 9.59 Å². The molecule has 0 radical (unpaired) electrons. The highest BCUT2D eigenvalue weighted by atomic mass is 16.4. The highest BCUT2D eigenvalue weighted by Crippen LogP contribution is 2.25. The number of carboxylic acid groups (broad SMARTS) is 2. The molecule has 1 heterocycles. The number of nitrogens with zero attached hydrogens (tertiary/aromatic N) is 1. The summed E-state index contributed by atoms with van der Waals surface area (Å²) in [6.07, 6.45) is 1.20. The number of aliphatic carboxylic acids is 2. The van der Waals surface area contributed by atoms with Crippen LogP contribution in [-0.4, -0.2) is 45.7 Å². The normalized spacial score (nSPS) is 27.9. The summed E-state index contributed by atoms with van der Waals surface area (Å²) in [5.74, 6) is -2.82. The minimum Gasteiger partial charge on any atom is -0.481 e. The molecule has 0 aromatic carbocycles. The van der Waals surface area contributed by atoms with Crippen LogP contribution < -0.4 is 0 Å². The third-order valence-corrected chi connectivity index (χ3v) is 2.90. The molecule has 5 nitrogen and oxygen atoms in total. The standard InChI is InChI=1S/C10H17NO4/c1-6(2)11-5-3-4-7(9(12)13)8(11)10(14)15/h6-8H,3-5H2,1-2H3,(H,12,13)(H,14,15)/t7-,8-/m0/s1. The van der Waals surface area contributed by atoms with Crippen molar-refractivity contribution in [3.05, 3.63) is 0 Å². The summed E-state index contributed by atoms with van der Waals surface area (Å²) in [6.45, 7) is 4.44. The Morgan fingerprint density at radius 1 is 1.27 bits per heavy atom. The number of rotatable bonds is 3. The van der Waals surface area contributed by atoms with Gasteiger partial charge in [0.1, 0.15) is 6.04 Å². The zero-order valence-electron chi connectivity index (χ0n) is 9.01. The predicted octanol–water partition coefficient (Wildman–Crippen LogP) is 0.645. The lowest BCUT2D eigenvalue weighted by Gasteiger charge is -2.39. The van der Waals surface area contributed by atoms with E-state index in [-0.39, 0.29) is 6.04 Å². The quantitative estimate of drug-likeness (QED) is 0.722. The molecule has 86 valence electrons. The first-order valence-electron chi connectivity index (χ1n) is 5.16. The third kappa shape index (κ3) is 2.47. The average Bonchev–Trinajstić information content (AvgIpc) is 2.16. The van der Waals surface area contributed by atoms with Gasteiger partial charge in [0.15, 0.2) is 0 Å². The van der Waals surface area contributed by atoms with Gasteiger partial charge in [-0.1, -0.05) is 0 Å². The van der Waals surface area contributed by atoms with Crippen molar-refractivity contribution >= 4 is 11.9 Å². The van der Waals surface area contributed by atoms with Crippen LogP contribution in [0.25, 0.3) is 0 Å². The van der Waals surface area contributed by atoms with Crippen molar-refractivity contribution in [1.29, 1.82) is 0 Å². The Hall–Kier alpha value is -1.10. The Morgan fingerprint density at radius 2 is 1.87 bits per heavy atom. The minimum absolute atomic E-state index is 0.0632. The first-order valence-corrected chi connectivity index (χ1v) is 5.16. The number of likely N-dealkylation sites (tertiary alicyclic amines) is 1. The second-order valence-corrected chi connectivity index (χ2v) is 4.20. The van der Waals surface area contributed by atoms with Crippen LogP contribution in [0.2, 0.25) is 0 Å². The number of hydrogen-bond acceptors (Lipinski definition) is 3. The third-order valence-electron chi connectivity index (χ3n) is 2.90. The summed E-state index contributed by atoms with van der Waals surface area (Å²) in [6, 6.07) is -0.815. The van der Waals surface area contributed by atoms with Gasteiger partial charge in [0.2, 0.25) is 0 Å². The predicted molar refractivity (Wildman–Crippen MR) is 53.6 cm³/mol. The van der Waals surface area contributed by atoms with Gasteiger partial charge in [0.05, 0.1) is 5.92 Å². The maximum atomic E-state index is 11.1. The molecule has 15 heavy (non-hydrogen) atoms. The van der Waals surface area contributed by atoms with Crippen LogP contribution in [0.3, 0.4) is 0 Å². The topological polar surface area (TPSA) is 77.8 Å². The maximum Gasteiger partial charge on any atom is 0.321 e. The Balaban J connectivity index is 2.90. The molecule has 0 aromatic rings. The molecule has 2 atom stereocenters. The molecule has 1 rings (SSSR count). The van der Waals surface area contributed by atoms with E-state index in [9.17, 15) is 9.59 Å². The van der Waals surface area contributed by atoms with E-state index in [1.165, 1.54) is 0 Å². The summed E-state index contributed by atoms with van der Waals surface area (Å²) in [5.41, 5.74) is 0. The van der Waals surface area contributed by atoms with Crippen LogP contribution in [0.4, 0.5) is 0 Å². The molecule has 1 aliphatic heterocycles. The van der Waals surface area contributed by atoms with Crippen LogP contribution in [0.1, 0.15) is 26.7 Å². The van der Waals surface area contributed by atoms with E-state index in [2.05, 4.69) is 0 Å². The van der Waals surface area contributed by atoms with Gasteiger partial charge in [-0.25, -0.2) is 0 Å². The summed E-state index contributed by atoms with van der Waals surface area (Å²) in [4.78, 5) is 23.8. The van der Waals surface area contributed by atoms with Crippen molar-refractivity contribution in [3.63, 3.8) is 0 Å². The smallest absolute Gasteiger partial charge is 0.321 e. The monoisotopic (exact) mass is 215 g/mol. The molecule has 0 bridgehead atoms. The van der Waals surface area contributed by atoms with Gasteiger partial charge >= 0.3 is 11.9 Å². The fourth-order valence-corrected chi connectivity index (χ4v) is 2.17. The van der Waals surface area contributed by atoms with Crippen LogP contribution >= 0.6 is 0 Å². The van der Waals surface area contributed by atoms with Crippen molar-refractivity contribution in [2.24, 2.45) is 5.92 Å². The van der Waals surface area contributed by atoms with Gasteiger partial charge < -0.3 is 10.2 Å². The van der Waals surface area contributed by atoms with Crippen molar-refractivity contribution < 1.29 is 19.8 Å². The van der Waals surface area contributed by atoms with Gasteiger partial charge in [0.25, 0.3) is 0 Å². The van der Waals surface area contributed by atoms with Gasteiger partial charge in [-0.3, -0.25) is 14.5 Å². The molecule has 0 spiro atoms. The number of carboxylic acids is 2. The lowest BCUT2D eigenvalue weighted by atomic mass is 9.88. The first kappa shape index (κ1) is 12.0. The SMILES string of the molecule is CC(C)N1CCC[C@H](C(=O)O)[C@H]1C(=O)O. The van der Waals surface area contributed by atoms with E-state index in [1.54, 1.807) is 4.90 Å². The van der Waals surface area contributed by atoms with E-state index in [4.69, 9.17) is 10.2 Å². The van der Waals surface area contributed by atoms with Gasteiger partial charge in [0, 0.05) is 6.04 Å². The second-order valence-electron chi connectivity index (χ2n) is 4.20. The highest BCUT2D eigenvalue weighted by molar-refractivity contribution is 5.82. The molecular formula is C10H17NO4. The molecular weight excluding hydrogens is 198 g/mol. The minimum atomic E-state index is -1.03. The Bertz CT molecular complexity index is 264. The van der Waals surface area contributed by atoms with Crippen LogP contribution in [0, 0.1) is 5.92 Å². The largest absolute Gasteiger partial charge is 0.481 e. The lowest BCUT2D eigenvalue weighted by molar-refractivity contribution is -0.159. The Kier molecular flexibility index (Phi) is 3.68. The fraction of sp³-hybridized carbons (Fsp3) is 0.800. The average molecular weight is 215 g/mol. The number of piperidine rings is 1. The summed E-state index contributed by atoms with van der Waals surface area (Å²) >= 11 is 0. The van der Waals surface area contributed by atoms with E-state index in [0.717, 1.165) is 6.42 Å². The highest BCUT2D eigenvalue weighted by Gasteiger charge is 2.41. The molecule has 0 amide bonds. The molecule has 2 N–H and O–H groups in total. The molecule has 0 unspecified atom stereocenters. The number of hydrogen-bond donors (Lipinski definition) is 2. The van der Waals surface area contributed by atoms with Crippen molar-refractivity contribution in [3.8, 4) is 0 Å². The molecule has 0 aromatic heterocycles. The molecule has 1 saturated heterocycles. The molecule has 1 fully saturated rings. The maximum absolute atomic E-state index is 11.1.